The minimum absolute atomic E-state index is 0.296. The van der Waals surface area contributed by atoms with Crippen molar-refractivity contribution in [3.63, 3.8) is 0 Å². The molecule has 116 valence electrons. The molecule has 0 N–H and O–H groups in total. The zero-order chi connectivity index (χ0) is 15.7. The topological polar surface area (TPSA) is 43.4 Å². The van der Waals surface area contributed by atoms with Gasteiger partial charge in [0.15, 0.2) is 0 Å². The quantitative estimate of drug-likeness (QED) is 0.303. The van der Waals surface area contributed by atoms with Crippen LogP contribution >= 0.6 is 0 Å². The minimum atomic E-state index is -0.737. The summed E-state index contributed by atoms with van der Waals surface area (Å²) in [6.07, 6.45) is 3.38. The number of likely N-dealkylation sites (N-methyl/N-ethyl adjacent to an activating group) is 1. The number of aryl methyl sites for hydroxylation is 1. The van der Waals surface area contributed by atoms with Gasteiger partial charge in [-0.2, -0.15) is 0 Å². The van der Waals surface area contributed by atoms with Gasteiger partial charge in [-0.15, -0.1) is 0 Å². The molecule has 0 aliphatic heterocycles. The zero-order valence-electron chi connectivity index (χ0n) is 13.3. The summed E-state index contributed by atoms with van der Waals surface area (Å²) in [5.74, 6) is -1.28. The van der Waals surface area contributed by atoms with E-state index < -0.39 is 11.8 Å². The molecule has 0 radical (unpaired) electrons. The first-order chi connectivity index (χ1) is 9.91. The van der Waals surface area contributed by atoms with Crippen molar-refractivity contribution in [3.8, 4) is 0 Å². The van der Waals surface area contributed by atoms with Gasteiger partial charge in [0.1, 0.15) is 13.2 Å². The Morgan fingerprint density at radius 1 is 1.05 bits per heavy atom. The van der Waals surface area contributed by atoms with E-state index in [-0.39, 0.29) is 0 Å². The lowest BCUT2D eigenvalue weighted by atomic mass is 10.1. The van der Waals surface area contributed by atoms with Crippen LogP contribution in [0.3, 0.4) is 0 Å². The standard InChI is InChI=1S/C17H26NO3/c1-15(19)17(20)21-14-13-18(2,3)12-8-7-11-16-9-5-4-6-10-16/h4-6,9-10H,7-8,11-14H2,1-3H3/q+1. The molecular formula is C17H26NO3+. The SMILES string of the molecule is CC(=O)C(=O)OCC[N+](C)(C)CCCCc1ccccc1. The number of ketones is 1. The third-order valence-corrected chi connectivity index (χ3v) is 3.54. The Hall–Kier alpha value is -1.68. The molecule has 0 unspecified atom stereocenters. The number of carbonyl (C=O) groups excluding carboxylic acids is 2. The van der Waals surface area contributed by atoms with Crippen LogP contribution in [0.5, 0.6) is 0 Å². The van der Waals surface area contributed by atoms with Crippen molar-refractivity contribution >= 4 is 11.8 Å². The van der Waals surface area contributed by atoms with E-state index in [4.69, 9.17) is 4.74 Å². The number of hydrogen-bond donors (Lipinski definition) is 0. The van der Waals surface area contributed by atoms with E-state index in [0.717, 1.165) is 36.8 Å². The number of rotatable bonds is 9. The highest BCUT2D eigenvalue weighted by atomic mass is 16.5. The Balaban J connectivity index is 2.17. The van der Waals surface area contributed by atoms with Gasteiger partial charge in [0, 0.05) is 6.92 Å². The van der Waals surface area contributed by atoms with Crippen molar-refractivity contribution in [1.29, 1.82) is 0 Å². The second-order valence-electron chi connectivity index (χ2n) is 6.02. The number of quaternary nitrogens is 1. The van der Waals surface area contributed by atoms with Gasteiger partial charge in [-0.25, -0.2) is 4.79 Å². The Labute approximate surface area is 127 Å². The maximum Gasteiger partial charge on any atom is 0.374 e. The largest absolute Gasteiger partial charge is 0.454 e. The fourth-order valence-electron chi connectivity index (χ4n) is 2.11. The summed E-state index contributed by atoms with van der Waals surface area (Å²) in [6.45, 7) is 3.28. The molecule has 1 aromatic rings. The van der Waals surface area contributed by atoms with Crippen LogP contribution in [0.4, 0.5) is 0 Å². The lowest BCUT2D eigenvalue weighted by molar-refractivity contribution is -0.890. The molecule has 0 aliphatic carbocycles. The van der Waals surface area contributed by atoms with Gasteiger partial charge in [-0.3, -0.25) is 4.79 Å². The molecule has 0 saturated carbocycles. The molecule has 1 aromatic carbocycles. The fraction of sp³-hybridized carbons (Fsp3) is 0.529. The van der Waals surface area contributed by atoms with Crippen LogP contribution in [0.2, 0.25) is 0 Å². The summed E-state index contributed by atoms with van der Waals surface area (Å²) >= 11 is 0. The fourth-order valence-corrected chi connectivity index (χ4v) is 2.11. The third-order valence-electron chi connectivity index (χ3n) is 3.54. The number of nitrogens with zero attached hydrogens (tertiary/aromatic N) is 1. The van der Waals surface area contributed by atoms with E-state index >= 15 is 0 Å². The van der Waals surface area contributed by atoms with Gasteiger partial charge in [0.05, 0.1) is 20.6 Å². The highest BCUT2D eigenvalue weighted by molar-refractivity contribution is 6.32. The van der Waals surface area contributed by atoms with Crippen molar-refractivity contribution in [2.24, 2.45) is 0 Å². The van der Waals surface area contributed by atoms with Gasteiger partial charge >= 0.3 is 5.97 Å². The Kier molecular flexibility index (Phi) is 7.09. The first-order valence-electron chi connectivity index (χ1n) is 7.44. The summed E-state index contributed by atoms with van der Waals surface area (Å²) < 4.78 is 5.70. The van der Waals surface area contributed by atoms with Crippen LogP contribution in [0, 0.1) is 0 Å². The highest BCUT2D eigenvalue weighted by Gasteiger charge is 2.16. The average Bonchev–Trinajstić information content (AvgIpc) is 2.44. The summed E-state index contributed by atoms with van der Waals surface area (Å²) in [6, 6.07) is 10.5. The van der Waals surface area contributed by atoms with Crippen LogP contribution in [-0.2, 0) is 20.7 Å². The van der Waals surface area contributed by atoms with E-state index in [1.165, 1.54) is 12.5 Å². The Bertz CT molecular complexity index is 454. The van der Waals surface area contributed by atoms with Crippen molar-refractivity contribution in [1.82, 2.24) is 0 Å². The van der Waals surface area contributed by atoms with E-state index in [9.17, 15) is 9.59 Å². The number of Topliss-reactive ketones (excluding diaryl/α,β-unsaturated/α-hetero) is 1. The van der Waals surface area contributed by atoms with Gasteiger partial charge in [0.2, 0.25) is 5.78 Å². The van der Waals surface area contributed by atoms with Crippen molar-refractivity contribution in [2.45, 2.75) is 26.2 Å². The molecule has 0 atom stereocenters. The molecule has 1 rings (SSSR count). The van der Waals surface area contributed by atoms with Crippen LogP contribution in [0.25, 0.3) is 0 Å². The van der Waals surface area contributed by atoms with Crippen LogP contribution < -0.4 is 0 Å². The monoisotopic (exact) mass is 292 g/mol. The molecule has 0 bridgehead atoms. The van der Waals surface area contributed by atoms with Crippen molar-refractivity contribution in [2.75, 3.05) is 33.8 Å². The summed E-state index contributed by atoms with van der Waals surface area (Å²) in [7, 11) is 4.23. The van der Waals surface area contributed by atoms with Crippen LogP contribution in [0.15, 0.2) is 30.3 Å². The molecule has 0 heterocycles. The second kappa shape index (κ2) is 8.57. The summed E-state index contributed by atoms with van der Waals surface area (Å²) in [5, 5.41) is 0. The van der Waals surface area contributed by atoms with Gasteiger partial charge in [-0.05, 0) is 24.8 Å². The molecule has 0 amide bonds. The number of benzene rings is 1. The van der Waals surface area contributed by atoms with Gasteiger partial charge < -0.3 is 9.22 Å². The smallest absolute Gasteiger partial charge is 0.374 e. The first kappa shape index (κ1) is 17.4. The summed E-state index contributed by atoms with van der Waals surface area (Å²) in [5.41, 5.74) is 1.37. The predicted molar refractivity (Wildman–Crippen MR) is 82.9 cm³/mol. The average molecular weight is 292 g/mol. The summed E-state index contributed by atoms with van der Waals surface area (Å²) in [4.78, 5) is 21.8. The van der Waals surface area contributed by atoms with E-state index in [2.05, 4.69) is 38.4 Å². The molecule has 4 heteroatoms. The van der Waals surface area contributed by atoms with Gasteiger partial charge in [-0.1, -0.05) is 30.3 Å². The first-order valence-corrected chi connectivity index (χ1v) is 7.44. The van der Waals surface area contributed by atoms with Crippen molar-refractivity contribution in [3.05, 3.63) is 35.9 Å². The van der Waals surface area contributed by atoms with Crippen molar-refractivity contribution < 1.29 is 18.8 Å². The molecule has 0 fully saturated rings. The Morgan fingerprint density at radius 3 is 2.33 bits per heavy atom. The van der Waals surface area contributed by atoms with Gasteiger partial charge in [0.25, 0.3) is 0 Å². The number of ether oxygens (including phenoxy) is 1. The van der Waals surface area contributed by atoms with E-state index in [1.54, 1.807) is 0 Å². The highest BCUT2D eigenvalue weighted by Crippen LogP contribution is 2.07. The lowest BCUT2D eigenvalue weighted by Crippen LogP contribution is -2.43. The third kappa shape index (κ3) is 7.61. The molecule has 0 saturated heterocycles. The minimum Gasteiger partial charge on any atom is -0.454 e. The van der Waals surface area contributed by atoms with Crippen LogP contribution in [-0.4, -0.2) is 50.0 Å². The maximum atomic E-state index is 11.1. The Morgan fingerprint density at radius 2 is 1.71 bits per heavy atom. The molecular weight excluding hydrogens is 266 g/mol. The van der Waals surface area contributed by atoms with Crippen LogP contribution in [0.1, 0.15) is 25.3 Å². The number of esters is 1. The maximum absolute atomic E-state index is 11.1. The normalized spacial score (nSPS) is 11.2. The molecule has 4 nitrogen and oxygen atoms in total. The van der Waals surface area contributed by atoms with E-state index in [0.29, 0.717) is 6.61 Å². The lowest BCUT2D eigenvalue weighted by Gasteiger charge is -2.29. The zero-order valence-corrected chi connectivity index (χ0v) is 13.3. The number of hydrogen-bond acceptors (Lipinski definition) is 3. The number of carbonyl (C=O) groups is 2. The second-order valence-corrected chi connectivity index (χ2v) is 6.02. The number of unbranched alkanes of at least 4 members (excludes halogenated alkanes) is 1. The molecule has 0 spiro atoms. The predicted octanol–water partition coefficient (Wildman–Crippen LogP) is 2.22. The van der Waals surface area contributed by atoms with E-state index in [1.807, 2.05) is 6.07 Å². The molecule has 0 aliphatic rings. The molecule has 0 aromatic heterocycles. The molecule has 21 heavy (non-hydrogen) atoms.